The second-order valence-corrected chi connectivity index (χ2v) is 11.8. The number of carbonyl (C=O) groups is 2. The van der Waals surface area contributed by atoms with Crippen LogP contribution in [-0.2, 0) is 19.2 Å². The number of allylic oxidation sites excluding steroid dienone is 1. The lowest BCUT2D eigenvalue weighted by molar-refractivity contribution is -0.489. The minimum atomic E-state index is -0.388. The Morgan fingerprint density at radius 3 is 2.60 bits per heavy atom. The van der Waals surface area contributed by atoms with Gasteiger partial charge in [-0.25, -0.2) is 4.79 Å². The molecule has 0 spiro atoms. The van der Waals surface area contributed by atoms with Crippen molar-refractivity contribution in [1.29, 1.82) is 0 Å². The summed E-state index contributed by atoms with van der Waals surface area (Å²) >= 11 is 0. The van der Waals surface area contributed by atoms with Gasteiger partial charge in [-0.3, -0.25) is 14.9 Å². The summed E-state index contributed by atoms with van der Waals surface area (Å²) in [5.41, 5.74) is 2.13. The van der Waals surface area contributed by atoms with Crippen molar-refractivity contribution in [1.82, 2.24) is 0 Å². The molecule has 35 heavy (non-hydrogen) atoms. The van der Waals surface area contributed by atoms with E-state index in [0.29, 0.717) is 23.5 Å². The lowest BCUT2D eigenvalue weighted by Gasteiger charge is -2.58. The van der Waals surface area contributed by atoms with Gasteiger partial charge in [-0.2, -0.15) is 0 Å². The van der Waals surface area contributed by atoms with Crippen LogP contribution in [0.25, 0.3) is 0 Å². The zero-order valence-electron chi connectivity index (χ0n) is 21.7. The van der Waals surface area contributed by atoms with Crippen LogP contribution in [0.5, 0.6) is 0 Å². The minimum absolute atomic E-state index is 0.0257. The molecule has 4 aliphatic carbocycles. The molecule has 0 aliphatic heterocycles. The zero-order valence-corrected chi connectivity index (χ0v) is 21.7. The number of oxime groups is 1. The van der Waals surface area contributed by atoms with E-state index in [1.807, 2.05) is 6.92 Å². The van der Waals surface area contributed by atoms with Crippen molar-refractivity contribution in [2.45, 2.75) is 92.1 Å². The fourth-order valence-corrected chi connectivity index (χ4v) is 8.58. The topological polar surface area (TPSA) is 108 Å². The van der Waals surface area contributed by atoms with Crippen molar-refractivity contribution in [3.63, 3.8) is 0 Å². The van der Waals surface area contributed by atoms with E-state index in [1.165, 1.54) is 12.5 Å². The molecule has 8 atom stereocenters. The Kier molecular flexibility index (Phi) is 7.13. The van der Waals surface area contributed by atoms with Gasteiger partial charge >= 0.3 is 11.9 Å². The number of hydrogen-bond donors (Lipinski definition) is 0. The lowest BCUT2D eigenvalue weighted by Crippen LogP contribution is -2.51. The van der Waals surface area contributed by atoms with Crippen LogP contribution in [0.3, 0.4) is 0 Å². The first-order valence-electron chi connectivity index (χ1n) is 13.2. The molecule has 0 unspecified atom stereocenters. The van der Waals surface area contributed by atoms with Gasteiger partial charge in [0.1, 0.15) is 6.10 Å². The van der Waals surface area contributed by atoms with E-state index in [-0.39, 0.29) is 58.6 Å². The van der Waals surface area contributed by atoms with Crippen LogP contribution in [0.4, 0.5) is 0 Å². The van der Waals surface area contributed by atoms with E-state index in [9.17, 15) is 19.7 Å². The van der Waals surface area contributed by atoms with Gasteiger partial charge in [0, 0.05) is 36.5 Å². The van der Waals surface area contributed by atoms with Crippen molar-refractivity contribution >= 4 is 17.7 Å². The average Bonchev–Trinajstić information content (AvgIpc) is 3.08. The van der Waals surface area contributed by atoms with Crippen LogP contribution < -0.4 is 0 Å². The maximum Gasteiger partial charge on any atom is 0.334 e. The third-order valence-corrected chi connectivity index (χ3v) is 9.98. The highest BCUT2D eigenvalue weighted by Gasteiger charge is 2.62. The van der Waals surface area contributed by atoms with Gasteiger partial charge in [-0.05, 0) is 74.0 Å². The lowest BCUT2D eigenvalue weighted by atomic mass is 9.47. The van der Waals surface area contributed by atoms with Crippen molar-refractivity contribution in [2.75, 3.05) is 6.54 Å². The smallest absolute Gasteiger partial charge is 0.334 e. The van der Waals surface area contributed by atoms with Gasteiger partial charge in [0.25, 0.3) is 0 Å². The molecule has 0 N–H and O–H groups in total. The predicted molar refractivity (Wildman–Crippen MR) is 131 cm³/mol. The molecular formula is C27H40N2O6. The summed E-state index contributed by atoms with van der Waals surface area (Å²) in [6, 6.07) is 0. The normalized spacial score (nSPS) is 40.6. The van der Waals surface area contributed by atoms with Gasteiger partial charge in [0.15, 0.2) is 0 Å². The molecule has 4 aliphatic rings. The first-order valence-corrected chi connectivity index (χ1v) is 13.2. The van der Waals surface area contributed by atoms with Gasteiger partial charge in [-0.1, -0.05) is 37.6 Å². The summed E-state index contributed by atoms with van der Waals surface area (Å²) in [5.74, 6) is 0.589. The number of fused-ring (bicyclic) bond motifs is 5. The van der Waals surface area contributed by atoms with Crippen LogP contribution in [0.15, 0.2) is 16.8 Å². The number of carbonyl (C=O) groups excluding carboxylic acids is 2. The molecule has 194 valence electrons. The first kappa shape index (κ1) is 25.8. The molecule has 8 heteroatoms. The second kappa shape index (κ2) is 9.66. The molecule has 0 saturated heterocycles. The van der Waals surface area contributed by atoms with E-state index in [0.717, 1.165) is 44.9 Å². The highest BCUT2D eigenvalue weighted by Crippen LogP contribution is 2.67. The maximum atomic E-state index is 11.7. The first-order chi connectivity index (χ1) is 16.5. The quantitative estimate of drug-likeness (QED) is 0.125. The second-order valence-electron chi connectivity index (χ2n) is 11.8. The highest BCUT2D eigenvalue weighted by molar-refractivity contribution is 5.86. The van der Waals surface area contributed by atoms with Crippen molar-refractivity contribution < 1.29 is 24.1 Å². The number of rotatable bonds is 6. The van der Waals surface area contributed by atoms with Crippen molar-refractivity contribution in [3.05, 3.63) is 21.8 Å². The molecule has 0 amide bonds. The van der Waals surface area contributed by atoms with E-state index >= 15 is 0 Å². The number of esters is 1. The minimum Gasteiger partial charge on any atom is -0.462 e. The number of nitrogens with zero attached hydrogens (tertiary/aromatic N) is 2. The number of hydrogen-bond acceptors (Lipinski definition) is 7. The van der Waals surface area contributed by atoms with Crippen molar-refractivity contribution in [3.8, 4) is 0 Å². The summed E-state index contributed by atoms with van der Waals surface area (Å²) in [6.45, 7) is 9.68. The SMILES string of the molecule is CCC(=O)O/N=C(/C)[C@@H]1[C@H](C[N+](=O)[O-])C[C@@H]2[C@@H]3CC=C4C[C@H](OC(C)=O)CC[C@]4(C)[C@H]3CC[C@]21C. The Hall–Kier alpha value is -2.25. The predicted octanol–water partition coefficient (Wildman–Crippen LogP) is 5.33. The fourth-order valence-electron chi connectivity index (χ4n) is 8.58. The summed E-state index contributed by atoms with van der Waals surface area (Å²) < 4.78 is 5.55. The van der Waals surface area contributed by atoms with E-state index < -0.39 is 0 Å². The molecule has 3 fully saturated rings. The summed E-state index contributed by atoms with van der Waals surface area (Å²) in [6.07, 6.45) is 9.18. The maximum absolute atomic E-state index is 11.7. The molecule has 8 nitrogen and oxygen atoms in total. The molecule has 0 aromatic carbocycles. The summed E-state index contributed by atoms with van der Waals surface area (Å²) in [7, 11) is 0. The average molecular weight is 489 g/mol. The Labute approximate surface area is 208 Å². The molecule has 0 radical (unpaired) electrons. The molecule has 0 heterocycles. The molecule has 0 aromatic rings. The summed E-state index contributed by atoms with van der Waals surface area (Å²) in [4.78, 5) is 39.7. The van der Waals surface area contributed by atoms with Gasteiger partial charge in [0.05, 0.1) is 5.71 Å². The van der Waals surface area contributed by atoms with Crippen LogP contribution in [0, 0.1) is 50.5 Å². The highest BCUT2D eigenvalue weighted by atomic mass is 16.7. The third kappa shape index (κ3) is 4.65. The van der Waals surface area contributed by atoms with Gasteiger partial charge in [0.2, 0.25) is 6.54 Å². The van der Waals surface area contributed by atoms with E-state index in [2.05, 4.69) is 25.1 Å². The monoisotopic (exact) mass is 488 g/mol. The molecule has 3 saturated carbocycles. The Morgan fingerprint density at radius 2 is 1.94 bits per heavy atom. The fraction of sp³-hybridized carbons (Fsp3) is 0.815. The Morgan fingerprint density at radius 1 is 1.20 bits per heavy atom. The Balaban J connectivity index is 1.62. The van der Waals surface area contributed by atoms with Crippen LogP contribution in [0.2, 0.25) is 0 Å². The number of nitro groups is 1. The summed E-state index contributed by atoms with van der Waals surface area (Å²) in [5, 5.41) is 15.8. The molecule has 0 bridgehead atoms. The van der Waals surface area contributed by atoms with Crippen molar-refractivity contribution in [2.24, 2.45) is 45.6 Å². The standard InChI is InChI=1S/C27H40N2O6/c1-6-24(31)35-28-16(2)25-18(15-29(32)33)13-23-21-8-7-19-14-20(34-17(3)30)9-11-26(19,4)22(21)10-12-27(23,25)5/h7,18,20-23,25H,6,8-15H2,1-5H3/b28-16-/t18-,20+,21+,22-,23+,25+,26-,27+/m0/s1. The van der Waals surface area contributed by atoms with Crippen LogP contribution in [0.1, 0.15) is 86.0 Å². The van der Waals surface area contributed by atoms with E-state index in [4.69, 9.17) is 9.57 Å². The van der Waals surface area contributed by atoms with Crippen LogP contribution in [-0.4, -0.2) is 35.2 Å². The van der Waals surface area contributed by atoms with E-state index in [1.54, 1.807) is 6.92 Å². The molecule has 4 rings (SSSR count). The molecular weight excluding hydrogens is 448 g/mol. The Bertz CT molecular complexity index is 944. The third-order valence-electron chi connectivity index (χ3n) is 9.98. The van der Waals surface area contributed by atoms with Gasteiger partial charge < -0.3 is 9.57 Å². The van der Waals surface area contributed by atoms with Crippen LogP contribution >= 0.6 is 0 Å². The van der Waals surface area contributed by atoms with Gasteiger partial charge in [-0.15, -0.1) is 0 Å². The zero-order chi connectivity index (χ0) is 25.5. The largest absolute Gasteiger partial charge is 0.462 e. The number of ether oxygens (including phenoxy) is 1. The molecule has 0 aromatic heterocycles.